The Labute approximate surface area is 283 Å². The van der Waals surface area contributed by atoms with E-state index in [1.54, 1.807) is 12.3 Å². The van der Waals surface area contributed by atoms with Crippen LogP contribution in [-0.4, -0.2) is 72.8 Å². The van der Waals surface area contributed by atoms with Crippen molar-refractivity contribution in [3.05, 3.63) is 120 Å². The number of phenolic OH excluding ortho intramolecular Hbond substituents is 1. The van der Waals surface area contributed by atoms with Gasteiger partial charge in [0.25, 0.3) is 5.91 Å². The minimum Gasteiger partial charge on any atom is -0.507 e. The van der Waals surface area contributed by atoms with Crippen molar-refractivity contribution in [1.82, 2.24) is 29.3 Å². The Morgan fingerprint density at radius 2 is 1.71 bits per heavy atom. The van der Waals surface area contributed by atoms with Crippen LogP contribution in [-0.2, 0) is 6.54 Å². The molecule has 1 amide bonds. The lowest BCUT2D eigenvalue weighted by atomic mass is 9.86. The predicted octanol–water partition coefficient (Wildman–Crippen LogP) is 5.99. The van der Waals surface area contributed by atoms with Crippen LogP contribution in [0.4, 0.5) is 5.82 Å². The van der Waals surface area contributed by atoms with Crippen molar-refractivity contribution in [1.29, 1.82) is 0 Å². The highest BCUT2D eigenvalue weighted by atomic mass is 16.3. The Hall–Kier alpha value is -5.87. The number of carbonyl (C=O) groups is 2. The van der Waals surface area contributed by atoms with E-state index in [4.69, 9.17) is 15.7 Å². The average Bonchev–Trinajstić information content (AvgIpc) is 3.85. The first-order valence-electron chi connectivity index (χ1n) is 16.4. The van der Waals surface area contributed by atoms with Crippen LogP contribution in [0.25, 0.3) is 39.5 Å². The van der Waals surface area contributed by atoms with Crippen molar-refractivity contribution in [2.24, 2.45) is 5.41 Å². The van der Waals surface area contributed by atoms with Gasteiger partial charge in [-0.25, -0.2) is 15.0 Å². The van der Waals surface area contributed by atoms with Crippen LogP contribution in [0.1, 0.15) is 39.1 Å². The van der Waals surface area contributed by atoms with Gasteiger partial charge in [-0.15, -0.1) is 0 Å². The Morgan fingerprint density at radius 3 is 2.49 bits per heavy atom. The molecule has 2 aliphatic rings. The van der Waals surface area contributed by atoms with Gasteiger partial charge >= 0.3 is 0 Å². The normalized spacial score (nSPS) is 17.7. The van der Waals surface area contributed by atoms with Gasteiger partial charge in [-0.3, -0.25) is 19.1 Å². The summed E-state index contributed by atoms with van der Waals surface area (Å²) in [6.45, 7) is 4.04. The molecule has 5 heterocycles. The Kier molecular flexibility index (Phi) is 7.64. The highest BCUT2D eigenvalue weighted by molar-refractivity contribution is 5.96. The standard InChI is InChI=1S/C39H35N7O3/c40-35-31(7-4-18-41-35)36-43-33-15-14-32(27-5-2-1-3-6-27)42-37(33)46(36)30-12-8-26(9-13-30)22-44-19-16-39(24-44)17-20-45(25-39)38(49)28-10-11-29(23-47)34(48)21-28/h1-15,18,21,23,48H,16-17,19-20,22,24-25H2,(H2,40,41)/t39-/m1/s1. The van der Waals surface area contributed by atoms with Crippen molar-refractivity contribution in [3.63, 3.8) is 0 Å². The zero-order valence-corrected chi connectivity index (χ0v) is 26.9. The van der Waals surface area contributed by atoms with E-state index in [0.29, 0.717) is 36.6 Å². The number of hydrogen-bond donors (Lipinski definition) is 2. The molecule has 1 spiro atoms. The zero-order chi connectivity index (χ0) is 33.5. The number of fused-ring (bicyclic) bond motifs is 1. The number of nitrogens with two attached hydrogens (primary N) is 1. The molecular formula is C39H35N7O3. The second kappa shape index (κ2) is 12.3. The number of carbonyl (C=O) groups excluding carboxylic acids is 2. The molecule has 0 aliphatic carbocycles. The number of rotatable bonds is 7. The van der Waals surface area contributed by atoms with Gasteiger partial charge in [0.1, 0.15) is 17.1 Å². The lowest BCUT2D eigenvalue weighted by Crippen LogP contribution is -2.34. The van der Waals surface area contributed by atoms with Gasteiger partial charge in [-0.05, 0) is 79.5 Å². The summed E-state index contributed by atoms with van der Waals surface area (Å²) >= 11 is 0. The molecule has 1 atom stereocenters. The molecule has 8 rings (SSSR count). The molecule has 0 unspecified atom stereocenters. The zero-order valence-electron chi connectivity index (χ0n) is 26.9. The fourth-order valence-corrected chi connectivity index (χ4v) is 7.33. The SMILES string of the molecule is Nc1ncccc1-c1nc2ccc(-c3ccccc3)nc2n1-c1ccc(CN2CC[C@@]3(CCN(C(=O)c4ccc(C=O)c(O)c4)C3)C2)cc1. The van der Waals surface area contributed by atoms with E-state index in [1.807, 2.05) is 59.5 Å². The van der Waals surface area contributed by atoms with Crippen LogP contribution < -0.4 is 5.73 Å². The van der Waals surface area contributed by atoms with E-state index in [9.17, 15) is 14.7 Å². The highest BCUT2D eigenvalue weighted by Gasteiger charge is 2.44. The number of anilines is 1. The summed E-state index contributed by atoms with van der Waals surface area (Å²) in [5, 5.41) is 10.1. The van der Waals surface area contributed by atoms with Gasteiger partial charge in [-0.2, -0.15) is 0 Å². The number of imidazole rings is 1. The first-order valence-corrected chi connectivity index (χ1v) is 16.4. The molecule has 0 saturated carbocycles. The van der Waals surface area contributed by atoms with Crippen LogP contribution in [0.3, 0.4) is 0 Å². The summed E-state index contributed by atoms with van der Waals surface area (Å²) in [5.41, 5.74) is 13.2. The highest BCUT2D eigenvalue weighted by Crippen LogP contribution is 2.41. The van der Waals surface area contributed by atoms with Crippen molar-refractivity contribution in [2.75, 3.05) is 31.9 Å². The lowest BCUT2D eigenvalue weighted by molar-refractivity contribution is 0.0772. The molecule has 49 heavy (non-hydrogen) atoms. The minimum absolute atomic E-state index is 0.0524. The number of likely N-dealkylation sites (tertiary alicyclic amines) is 2. The summed E-state index contributed by atoms with van der Waals surface area (Å²) in [6, 6.07) is 30.9. The monoisotopic (exact) mass is 649 g/mol. The second-order valence-corrected chi connectivity index (χ2v) is 13.1. The number of hydrogen-bond acceptors (Lipinski definition) is 8. The summed E-state index contributed by atoms with van der Waals surface area (Å²) < 4.78 is 2.06. The van der Waals surface area contributed by atoms with Crippen LogP contribution in [0.15, 0.2) is 103 Å². The first-order chi connectivity index (χ1) is 23.9. The number of phenols is 1. The van der Waals surface area contributed by atoms with E-state index in [0.717, 1.165) is 66.1 Å². The third-order valence-corrected chi connectivity index (χ3v) is 9.90. The van der Waals surface area contributed by atoms with Crippen molar-refractivity contribution in [3.8, 4) is 34.1 Å². The van der Waals surface area contributed by atoms with Crippen LogP contribution in [0.5, 0.6) is 5.75 Å². The van der Waals surface area contributed by atoms with E-state index < -0.39 is 0 Å². The second-order valence-electron chi connectivity index (χ2n) is 13.1. The number of nitrogens with zero attached hydrogens (tertiary/aromatic N) is 6. The molecule has 2 saturated heterocycles. The molecule has 10 heteroatoms. The van der Waals surface area contributed by atoms with E-state index in [2.05, 4.69) is 38.7 Å². The van der Waals surface area contributed by atoms with Crippen LogP contribution >= 0.6 is 0 Å². The van der Waals surface area contributed by atoms with E-state index in [-0.39, 0.29) is 22.6 Å². The fourth-order valence-electron chi connectivity index (χ4n) is 7.33. The maximum atomic E-state index is 13.2. The topological polar surface area (TPSA) is 130 Å². The Balaban J connectivity index is 1.02. The molecule has 0 bridgehead atoms. The summed E-state index contributed by atoms with van der Waals surface area (Å²) in [6.07, 6.45) is 4.23. The fraction of sp³-hybridized carbons (Fsp3) is 0.205. The number of pyridine rings is 2. The van der Waals surface area contributed by atoms with Gasteiger partial charge in [-0.1, -0.05) is 42.5 Å². The first kappa shape index (κ1) is 30.5. The van der Waals surface area contributed by atoms with Crippen LogP contribution in [0.2, 0.25) is 0 Å². The van der Waals surface area contributed by atoms with Crippen molar-refractivity contribution >= 4 is 29.2 Å². The summed E-state index contributed by atoms with van der Waals surface area (Å²) in [5.74, 6) is 0.814. The third-order valence-electron chi connectivity index (χ3n) is 9.90. The molecule has 3 aromatic heterocycles. The maximum Gasteiger partial charge on any atom is 0.254 e. The summed E-state index contributed by atoms with van der Waals surface area (Å²) in [7, 11) is 0. The molecular weight excluding hydrogens is 614 g/mol. The van der Waals surface area contributed by atoms with Gasteiger partial charge in [0, 0.05) is 54.6 Å². The smallest absolute Gasteiger partial charge is 0.254 e. The number of aldehydes is 1. The molecule has 3 aromatic carbocycles. The van der Waals surface area contributed by atoms with Gasteiger partial charge in [0.05, 0.1) is 16.8 Å². The number of aromatic hydroxyl groups is 1. The molecule has 6 aromatic rings. The number of nitrogen functional groups attached to an aromatic ring is 1. The molecule has 2 fully saturated rings. The van der Waals surface area contributed by atoms with Crippen molar-refractivity contribution < 1.29 is 14.7 Å². The molecule has 244 valence electrons. The van der Waals surface area contributed by atoms with Gasteiger partial charge in [0.15, 0.2) is 17.8 Å². The average molecular weight is 650 g/mol. The summed E-state index contributed by atoms with van der Waals surface area (Å²) in [4.78, 5) is 43.0. The molecule has 3 N–H and O–H groups in total. The lowest BCUT2D eigenvalue weighted by Gasteiger charge is -2.25. The molecule has 10 nitrogen and oxygen atoms in total. The van der Waals surface area contributed by atoms with E-state index in [1.165, 1.54) is 17.7 Å². The maximum absolute atomic E-state index is 13.2. The predicted molar refractivity (Wildman–Crippen MR) is 188 cm³/mol. The Morgan fingerprint density at radius 1 is 0.898 bits per heavy atom. The number of aromatic nitrogens is 4. The Bertz CT molecular complexity index is 2200. The molecule has 0 radical (unpaired) electrons. The van der Waals surface area contributed by atoms with Crippen molar-refractivity contribution in [2.45, 2.75) is 19.4 Å². The van der Waals surface area contributed by atoms with Gasteiger partial charge in [0.2, 0.25) is 0 Å². The van der Waals surface area contributed by atoms with E-state index >= 15 is 0 Å². The third kappa shape index (κ3) is 5.70. The molecule has 2 aliphatic heterocycles. The largest absolute Gasteiger partial charge is 0.507 e. The van der Waals surface area contributed by atoms with Crippen LogP contribution in [0, 0.1) is 5.41 Å². The number of benzene rings is 3. The minimum atomic E-state index is -0.167. The quantitative estimate of drug-likeness (QED) is 0.202. The van der Waals surface area contributed by atoms with Gasteiger partial charge < -0.3 is 15.7 Å². The number of amides is 1.